The molecule has 0 fully saturated rings. The summed E-state index contributed by atoms with van der Waals surface area (Å²) in [4.78, 5) is 0. The van der Waals surface area contributed by atoms with Gasteiger partial charge in [0.2, 0.25) is 0 Å². The molecule has 0 nitrogen and oxygen atoms in total. The Labute approximate surface area is 1590 Å². The zero-order valence-electron chi connectivity index (χ0n) is 39.4. The molecule has 88 radical (unpaired) electrons. The van der Waals surface area contributed by atoms with Crippen molar-refractivity contribution in [2.75, 3.05) is 0 Å². The van der Waals surface area contributed by atoms with Gasteiger partial charge in [-0.1, -0.05) is 0 Å². The first-order valence-electron chi connectivity index (χ1n) is 0. The van der Waals surface area contributed by atoms with Crippen LogP contribution in [0.3, 0.4) is 0 Å². The van der Waals surface area contributed by atoms with E-state index in [2.05, 4.69) is 0 Å². The Morgan fingerprint density at radius 1 is 0.0114 bits per heavy atom. The topological polar surface area (TPSA) is 0 Å². The molecule has 0 aliphatic heterocycles. The van der Waals surface area contributed by atoms with E-state index < -0.39 is 0 Å². The third-order valence-electron chi connectivity index (χ3n) is 0. The summed E-state index contributed by atoms with van der Waals surface area (Å²) in [5.41, 5.74) is 0. The van der Waals surface area contributed by atoms with Gasteiger partial charge >= 0.3 is 0 Å². The van der Waals surface area contributed by atoms with E-state index in [0.29, 0.717) is 0 Å². The molecular formula is V88. The van der Waals surface area contributed by atoms with E-state index in [1.54, 1.807) is 0 Å². The maximum Gasteiger partial charge on any atom is 0 e. The van der Waals surface area contributed by atoms with Crippen LogP contribution >= 0.6 is 0 Å². The fraction of sp³-hybridized carbons (Fsp3) is 0. The fourth-order valence-corrected chi connectivity index (χ4v) is 0. The second-order valence-electron chi connectivity index (χ2n) is 0. The molecule has 0 saturated heterocycles. The Kier molecular flexibility index (Phi) is 11300. The minimum atomic E-state index is 0. The van der Waals surface area contributed by atoms with Crippen LogP contribution in [0.1, 0.15) is 0 Å². The van der Waals surface area contributed by atoms with Crippen molar-refractivity contribution in [2.45, 2.75) is 0 Å². The summed E-state index contributed by atoms with van der Waals surface area (Å²) in [6.07, 6.45) is 0. The molecule has 0 bridgehead atoms. The molecule has 0 unspecified atom stereocenters. The van der Waals surface area contributed by atoms with Gasteiger partial charge in [-0.3, -0.25) is 0 Å². The van der Waals surface area contributed by atoms with Gasteiger partial charge in [0, 0.05) is 1630 Å². The first-order valence-corrected chi connectivity index (χ1v) is 0. The molecule has 88 heavy (non-hydrogen) atoms. The number of rotatable bonds is 0. The average Bonchev–Trinajstić information content (AvgIpc) is 0. The maximum absolute atomic E-state index is 0. The number of hydrogen-bond donors (Lipinski definition) is 0. The molecule has 0 rings (SSSR count). The summed E-state index contributed by atoms with van der Waals surface area (Å²) in [5.74, 6) is 0. The Balaban J connectivity index is 0. The van der Waals surface area contributed by atoms with Crippen LogP contribution in [0.5, 0.6) is 0 Å². The van der Waals surface area contributed by atoms with Gasteiger partial charge in [-0.2, -0.15) is 0 Å². The van der Waals surface area contributed by atoms with Crippen molar-refractivity contribution in [3.05, 3.63) is 0 Å². The van der Waals surface area contributed by atoms with Gasteiger partial charge in [-0.15, -0.1) is 0 Å². The third kappa shape index (κ3) is 967. The molecule has 0 aromatic heterocycles. The van der Waals surface area contributed by atoms with Gasteiger partial charge in [-0.05, 0) is 0 Å². The van der Waals surface area contributed by atoms with Crippen LogP contribution in [0.25, 0.3) is 0 Å². The van der Waals surface area contributed by atoms with Crippen LogP contribution in [0, 0.1) is 0 Å². The van der Waals surface area contributed by atoms with Crippen LogP contribution in [0.15, 0.2) is 0 Å². The zero-order chi connectivity index (χ0) is 0. The molecule has 0 aromatic carbocycles. The molecule has 0 aromatic rings. The van der Waals surface area contributed by atoms with E-state index >= 15 is 0 Å². The summed E-state index contributed by atoms with van der Waals surface area (Å²) >= 11 is 0. The summed E-state index contributed by atoms with van der Waals surface area (Å²) in [6.45, 7) is 0. The Morgan fingerprint density at radius 2 is 0.0114 bits per heavy atom. The van der Waals surface area contributed by atoms with E-state index in [1.807, 2.05) is 0 Å². The average molecular weight is 4480 g/mol. The van der Waals surface area contributed by atoms with Crippen LogP contribution in [-0.2, 0) is 1630 Å². The van der Waals surface area contributed by atoms with E-state index in [9.17, 15) is 0 Å². The molecule has 0 aliphatic rings. The van der Waals surface area contributed by atoms with Crippen molar-refractivity contribution in [3.63, 3.8) is 0 Å². The molecule has 0 amide bonds. The smallest absolute Gasteiger partial charge is 0 e. The van der Waals surface area contributed by atoms with Crippen LogP contribution in [0.2, 0.25) is 0 Å². The second-order valence-corrected chi connectivity index (χ2v) is 0. The monoisotopic (exact) mass is 4480 g/mol. The zero-order valence-corrected chi connectivity index (χ0v) is 162. The second kappa shape index (κ2) is 988. The summed E-state index contributed by atoms with van der Waals surface area (Å²) < 4.78 is 0. The molecule has 440 valence electrons. The normalized spacial score (nSPS) is 0. The van der Waals surface area contributed by atoms with Crippen molar-refractivity contribution >= 4 is 0 Å². The molecule has 0 atom stereocenters. The Hall–Kier alpha value is 51.4. The molecule has 0 N–H and O–H groups in total. The first-order chi connectivity index (χ1) is 0. The molecule has 0 heterocycles. The van der Waals surface area contributed by atoms with Gasteiger partial charge in [-0.25, -0.2) is 0 Å². The molecule has 0 spiro atoms. The minimum absolute atomic E-state index is 0. The predicted octanol–water partition coefficient (Wildman–Crippen LogP) is -0.220. The van der Waals surface area contributed by atoms with Crippen LogP contribution in [-0.4, -0.2) is 0 Å². The van der Waals surface area contributed by atoms with E-state index in [0.717, 1.165) is 0 Å². The summed E-state index contributed by atoms with van der Waals surface area (Å²) in [7, 11) is 0. The van der Waals surface area contributed by atoms with Crippen molar-refractivity contribution < 1.29 is 1630 Å². The van der Waals surface area contributed by atoms with Gasteiger partial charge in [0.15, 0.2) is 0 Å². The van der Waals surface area contributed by atoms with Gasteiger partial charge in [0.05, 0.1) is 0 Å². The summed E-state index contributed by atoms with van der Waals surface area (Å²) in [5, 5.41) is 0. The maximum atomic E-state index is 0. The number of hydrogen-bond acceptors (Lipinski definition) is 0. The van der Waals surface area contributed by atoms with E-state index in [4.69, 9.17) is 0 Å². The van der Waals surface area contributed by atoms with Crippen LogP contribution in [0.4, 0.5) is 0 Å². The van der Waals surface area contributed by atoms with Crippen molar-refractivity contribution in [3.8, 4) is 0 Å². The third-order valence-corrected chi connectivity index (χ3v) is 0. The summed E-state index contributed by atoms with van der Waals surface area (Å²) in [6, 6.07) is 0. The van der Waals surface area contributed by atoms with E-state index in [1.165, 1.54) is 0 Å². The predicted molar refractivity (Wildman–Crippen MR) is 0 cm³/mol. The van der Waals surface area contributed by atoms with E-state index in [-0.39, 0.29) is 1630 Å². The SMILES string of the molecule is [V].[V].[V].[V].[V].[V].[V].[V].[V].[V].[V].[V].[V].[V].[V].[V].[V].[V].[V].[V].[V].[V].[V].[V].[V].[V].[V].[V].[V].[V].[V].[V].[V].[V].[V].[V].[V].[V].[V].[V].[V].[V].[V].[V].[V].[V].[V].[V].[V].[V].[V].[V].[V].[V].[V].[V].[V].[V].[V].[V].[V].[V].[V].[V].[V].[V].[V].[V].[V].[V].[V].[V].[V].[V].[V].[V].[V].[V].[V].[V].[V].[V].[V].[V].[V].[V].[V].[V]. The first kappa shape index (κ1) is 1010. The van der Waals surface area contributed by atoms with Crippen LogP contribution < -0.4 is 0 Å². The standard InChI is InChI=1S/88V. The molecule has 88 heteroatoms. The van der Waals surface area contributed by atoms with Crippen molar-refractivity contribution in [2.24, 2.45) is 0 Å². The van der Waals surface area contributed by atoms with Gasteiger partial charge < -0.3 is 0 Å². The molecule has 0 saturated carbocycles. The van der Waals surface area contributed by atoms with Gasteiger partial charge in [0.1, 0.15) is 0 Å². The minimum Gasteiger partial charge on any atom is 0 e. The Morgan fingerprint density at radius 3 is 0.0114 bits per heavy atom. The van der Waals surface area contributed by atoms with Gasteiger partial charge in [0.25, 0.3) is 0 Å². The largest absolute Gasteiger partial charge is 0 e. The fourth-order valence-electron chi connectivity index (χ4n) is 0. The Bertz CT molecular complexity index is 0. The molecule has 0 aliphatic carbocycles. The van der Waals surface area contributed by atoms with Crippen molar-refractivity contribution in [1.82, 2.24) is 0 Å². The quantitative estimate of drug-likeness (QED) is 0.316. The van der Waals surface area contributed by atoms with Crippen molar-refractivity contribution in [1.29, 1.82) is 0 Å². The molecular weight excluding hydrogens is 4480 g/mol.